The van der Waals surface area contributed by atoms with Crippen molar-refractivity contribution in [3.63, 3.8) is 0 Å². The van der Waals surface area contributed by atoms with E-state index in [1.807, 2.05) is 6.92 Å². The van der Waals surface area contributed by atoms with E-state index in [0.29, 0.717) is 12.5 Å². The van der Waals surface area contributed by atoms with Crippen molar-refractivity contribution in [2.24, 2.45) is 0 Å². The minimum absolute atomic E-state index is 0.0282. The van der Waals surface area contributed by atoms with Crippen LogP contribution in [0.5, 0.6) is 0 Å². The van der Waals surface area contributed by atoms with Gasteiger partial charge in [0.2, 0.25) is 0 Å². The molecule has 148 valence electrons. The molecular formula is C22H26N2O4. The summed E-state index contributed by atoms with van der Waals surface area (Å²) in [6.45, 7) is 6.65. The predicted molar refractivity (Wildman–Crippen MR) is 107 cm³/mol. The lowest BCUT2D eigenvalue weighted by atomic mass is 9.93. The van der Waals surface area contributed by atoms with Gasteiger partial charge in [0.25, 0.3) is 5.69 Å². The van der Waals surface area contributed by atoms with Crippen LogP contribution in [0.25, 0.3) is 0 Å². The van der Waals surface area contributed by atoms with Gasteiger partial charge in [-0.15, -0.1) is 0 Å². The molecule has 2 aromatic carbocycles. The number of carbonyl (C=O) groups is 1. The first-order valence-electron chi connectivity index (χ1n) is 9.63. The van der Waals surface area contributed by atoms with Crippen LogP contribution in [0.2, 0.25) is 0 Å². The van der Waals surface area contributed by atoms with Crippen LogP contribution >= 0.6 is 0 Å². The van der Waals surface area contributed by atoms with Gasteiger partial charge < -0.3 is 4.74 Å². The summed E-state index contributed by atoms with van der Waals surface area (Å²) < 4.78 is 5.56. The fraction of sp³-hybridized carbons (Fsp3) is 0.409. The highest BCUT2D eigenvalue weighted by Crippen LogP contribution is 2.30. The molecule has 6 nitrogen and oxygen atoms in total. The Balaban J connectivity index is 1.60. The number of aryl methyl sites for hydroxylation is 1. The van der Waals surface area contributed by atoms with Gasteiger partial charge in [-0.2, -0.15) is 0 Å². The van der Waals surface area contributed by atoms with Crippen LogP contribution in [-0.4, -0.2) is 28.6 Å². The summed E-state index contributed by atoms with van der Waals surface area (Å²) in [6, 6.07) is 14.6. The molecule has 6 heteroatoms. The number of hydrogen-bond donors (Lipinski definition) is 0. The van der Waals surface area contributed by atoms with Gasteiger partial charge in [-0.05, 0) is 43.7 Å². The molecule has 1 amide bonds. The third kappa shape index (κ3) is 4.50. The lowest BCUT2D eigenvalue weighted by Gasteiger charge is -2.22. The van der Waals surface area contributed by atoms with Crippen molar-refractivity contribution in [1.82, 2.24) is 4.90 Å². The first-order valence-corrected chi connectivity index (χ1v) is 9.63. The summed E-state index contributed by atoms with van der Waals surface area (Å²) in [5.74, 6) is 0.391. The summed E-state index contributed by atoms with van der Waals surface area (Å²) in [7, 11) is 0. The van der Waals surface area contributed by atoms with Crippen molar-refractivity contribution in [3.8, 4) is 0 Å². The Hall–Kier alpha value is -2.89. The average Bonchev–Trinajstić information content (AvgIpc) is 3.06. The topological polar surface area (TPSA) is 72.7 Å². The maximum Gasteiger partial charge on any atom is 0.410 e. The van der Waals surface area contributed by atoms with E-state index < -0.39 is 4.92 Å². The van der Waals surface area contributed by atoms with Crippen LogP contribution < -0.4 is 0 Å². The molecule has 3 rings (SSSR count). The summed E-state index contributed by atoms with van der Waals surface area (Å²) in [5.41, 5.74) is 3.31. The van der Waals surface area contributed by atoms with Gasteiger partial charge in [0, 0.05) is 12.1 Å². The standard InChI is InChI=1S/C22H26N2O4/c1-15-6-4-7-18(12-15)16(2)10-11-21-14-23(22(25)28-21)17(3)19-8-5-9-20(13-19)24(26)27/h4-9,12-13,16-17,21H,10-11,14H2,1-3H3/t16-,17+,21-/m1/s1. The highest BCUT2D eigenvalue weighted by atomic mass is 16.6. The zero-order chi connectivity index (χ0) is 20.3. The van der Waals surface area contributed by atoms with Crippen LogP contribution in [-0.2, 0) is 4.74 Å². The second-order valence-electron chi connectivity index (χ2n) is 7.58. The molecule has 0 saturated carbocycles. The SMILES string of the molecule is Cc1cccc([C@H](C)CC[C@@H]2CN([C@@H](C)c3cccc([N+](=O)[O-])c3)C(=O)O2)c1. The number of nitro benzene ring substituents is 1. The molecule has 28 heavy (non-hydrogen) atoms. The molecule has 1 saturated heterocycles. The van der Waals surface area contributed by atoms with Gasteiger partial charge in [-0.3, -0.25) is 15.0 Å². The van der Waals surface area contributed by atoms with Crippen LogP contribution in [0.1, 0.15) is 55.3 Å². The van der Waals surface area contributed by atoms with Crippen LogP contribution in [0.15, 0.2) is 48.5 Å². The van der Waals surface area contributed by atoms with E-state index in [-0.39, 0.29) is 23.9 Å². The number of amides is 1. The Morgan fingerprint density at radius 2 is 1.89 bits per heavy atom. The molecule has 0 N–H and O–H groups in total. The first-order chi connectivity index (χ1) is 13.3. The number of hydrogen-bond acceptors (Lipinski definition) is 4. The zero-order valence-electron chi connectivity index (χ0n) is 16.5. The van der Waals surface area contributed by atoms with Crippen LogP contribution in [0.4, 0.5) is 10.5 Å². The van der Waals surface area contributed by atoms with Crippen molar-refractivity contribution in [1.29, 1.82) is 0 Å². The van der Waals surface area contributed by atoms with E-state index in [0.717, 1.165) is 18.4 Å². The first kappa shape index (κ1) is 19.9. The normalized spacial score (nSPS) is 18.6. The summed E-state index contributed by atoms with van der Waals surface area (Å²) in [4.78, 5) is 24.6. The number of non-ortho nitro benzene ring substituents is 1. The molecule has 0 bridgehead atoms. The Morgan fingerprint density at radius 1 is 1.18 bits per heavy atom. The van der Waals surface area contributed by atoms with E-state index in [1.165, 1.54) is 23.3 Å². The maximum absolute atomic E-state index is 12.3. The molecule has 0 unspecified atom stereocenters. The summed E-state index contributed by atoms with van der Waals surface area (Å²) >= 11 is 0. The molecule has 1 heterocycles. The third-order valence-corrected chi connectivity index (χ3v) is 5.47. The minimum Gasteiger partial charge on any atom is -0.444 e. The van der Waals surface area contributed by atoms with Crippen molar-refractivity contribution < 1.29 is 14.5 Å². The number of ether oxygens (including phenoxy) is 1. The van der Waals surface area contributed by atoms with Crippen LogP contribution in [0.3, 0.4) is 0 Å². The van der Waals surface area contributed by atoms with Gasteiger partial charge in [-0.1, -0.05) is 48.9 Å². The molecule has 0 aliphatic carbocycles. The van der Waals surface area contributed by atoms with Crippen molar-refractivity contribution in [2.75, 3.05) is 6.54 Å². The van der Waals surface area contributed by atoms with E-state index >= 15 is 0 Å². The van der Waals surface area contributed by atoms with Gasteiger partial charge in [0.1, 0.15) is 6.10 Å². The Labute approximate surface area is 165 Å². The molecule has 0 spiro atoms. The number of carbonyl (C=O) groups excluding carboxylic acids is 1. The minimum atomic E-state index is -0.423. The Kier molecular flexibility index (Phi) is 5.97. The Morgan fingerprint density at radius 3 is 2.61 bits per heavy atom. The Bertz CT molecular complexity index is 867. The van der Waals surface area contributed by atoms with E-state index in [1.54, 1.807) is 17.0 Å². The van der Waals surface area contributed by atoms with Crippen molar-refractivity contribution >= 4 is 11.8 Å². The van der Waals surface area contributed by atoms with Gasteiger partial charge in [0.05, 0.1) is 17.5 Å². The molecule has 1 aliphatic rings. The molecule has 1 aliphatic heterocycles. The maximum atomic E-state index is 12.3. The summed E-state index contributed by atoms with van der Waals surface area (Å²) in [6.07, 6.45) is 1.22. The smallest absolute Gasteiger partial charge is 0.410 e. The van der Waals surface area contributed by atoms with Crippen LogP contribution in [0, 0.1) is 17.0 Å². The molecule has 3 atom stereocenters. The van der Waals surface area contributed by atoms with Crippen molar-refractivity contribution in [3.05, 3.63) is 75.3 Å². The van der Waals surface area contributed by atoms with Gasteiger partial charge >= 0.3 is 6.09 Å². The molecular weight excluding hydrogens is 356 g/mol. The highest BCUT2D eigenvalue weighted by Gasteiger charge is 2.35. The number of nitro groups is 1. The van der Waals surface area contributed by atoms with E-state index in [2.05, 4.69) is 38.1 Å². The molecule has 1 fully saturated rings. The van der Waals surface area contributed by atoms with Crippen molar-refractivity contribution in [2.45, 2.75) is 51.7 Å². The number of rotatable bonds is 7. The summed E-state index contributed by atoms with van der Waals surface area (Å²) in [5, 5.41) is 11.0. The van der Waals surface area contributed by atoms with Gasteiger partial charge in [-0.25, -0.2) is 4.79 Å². The van der Waals surface area contributed by atoms with Gasteiger partial charge in [0.15, 0.2) is 0 Å². The zero-order valence-corrected chi connectivity index (χ0v) is 16.5. The largest absolute Gasteiger partial charge is 0.444 e. The van der Waals surface area contributed by atoms with E-state index in [4.69, 9.17) is 4.74 Å². The number of benzene rings is 2. The predicted octanol–water partition coefficient (Wildman–Crippen LogP) is 5.37. The second-order valence-corrected chi connectivity index (χ2v) is 7.58. The lowest BCUT2D eigenvalue weighted by molar-refractivity contribution is -0.384. The molecule has 2 aromatic rings. The molecule has 0 radical (unpaired) electrons. The lowest BCUT2D eigenvalue weighted by Crippen LogP contribution is -2.28. The fourth-order valence-electron chi connectivity index (χ4n) is 3.67. The number of cyclic esters (lactones) is 1. The highest BCUT2D eigenvalue weighted by molar-refractivity contribution is 5.70. The third-order valence-electron chi connectivity index (χ3n) is 5.47. The number of nitrogens with zero attached hydrogens (tertiary/aromatic N) is 2. The quantitative estimate of drug-likeness (QED) is 0.477. The second kappa shape index (κ2) is 8.42. The average molecular weight is 382 g/mol. The van der Waals surface area contributed by atoms with E-state index in [9.17, 15) is 14.9 Å². The fourth-order valence-corrected chi connectivity index (χ4v) is 3.67. The monoisotopic (exact) mass is 382 g/mol. The molecule has 0 aromatic heterocycles.